The molecule has 0 saturated carbocycles. The quantitative estimate of drug-likeness (QED) is 0.197. The summed E-state index contributed by atoms with van der Waals surface area (Å²) in [5, 5.41) is 0. The number of hydrogen-bond acceptors (Lipinski definition) is 1. The molecule has 0 radical (unpaired) electrons. The molecule has 3 heteroatoms. The van der Waals surface area contributed by atoms with Crippen LogP contribution in [0.25, 0.3) is 0 Å². The Morgan fingerprint density at radius 3 is 2.21 bits per heavy atom. The predicted octanol–water partition coefficient (Wildman–Crippen LogP) is 5.50. The van der Waals surface area contributed by atoms with Crippen molar-refractivity contribution in [2.45, 2.75) is 44.6 Å². The number of nitrogens with zero attached hydrogens (tertiary/aromatic N) is 2. The predicted molar refractivity (Wildman–Crippen MR) is 160 cm³/mol. The van der Waals surface area contributed by atoms with Gasteiger partial charge in [-0.2, -0.15) is 4.57 Å². The Morgan fingerprint density at radius 1 is 0.641 bits per heavy atom. The van der Waals surface area contributed by atoms with Crippen LogP contribution in [0.5, 0.6) is 0 Å². The van der Waals surface area contributed by atoms with Crippen molar-refractivity contribution in [2.75, 3.05) is 4.90 Å². The molecule has 4 aliphatic rings. The first kappa shape index (κ1) is 21.8. The molecule has 0 aliphatic carbocycles. The Kier molecular flexibility index (Phi) is 3.86. The second-order valence-electron chi connectivity index (χ2n) is 12.8. The lowest BCUT2D eigenvalue weighted by Crippen LogP contribution is -2.67. The molecule has 5 aromatic rings. The van der Waals surface area contributed by atoms with Gasteiger partial charge in [-0.15, -0.1) is 0 Å². The van der Waals surface area contributed by atoms with Crippen molar-refractivity contribution in [2.24, 2.45) is 0 Å². The van der Waals surface area contributed by atoms with E-state index < -0.39 is 0 Å². The van der Waals surface area contributed by atoms with E-state index in [0.717, 1.165) is 0 Å². The molecule has 0 N–H and O–H groups in total. The number of anilines is 3. The third-order valence-electron chi connectivity index (χ3n) is 10.2. The lowest BCUT2D eigenvalue weighted by Gasteiger charge is -2.49. The molecule has 0 bridgehead atoms. The van der Waals surface area contributed by atoms with Crippen LogP contribution in [0.1, 0.15) is 67.2 Å². The van der Waals surface area contributed by atoms with Gasteiger partial charge >= 0.3 is 0 Å². The summed E-state index contributed by atoms with van der Waals surface area (Å²) in [5.74, 6) is 0. The van der Waals surface area contributed by atoms with E-state index >= 15 is 0 Å². The van der Waals surface area contributed by atoms with Gasteiger partial charge in [0.2, 0.25) is 12.8 Å². The van der Waals surface area contributed by atoms with Crippen molar-refractivity contribution in [3.63, 3.8) is 0 Å². The number of para-hydroxylation sites is 2. The minimum Gasteiger partial charge on any atom is -0.311 e. The van der Waals surface area contributed by atoms with Crippen LogP contribution in [0.4, 0.5) is 17.1 Å². The van der Waals surface area contributed by atoms with Gasteiger partial charge in [-0.05, 0) is 53.6 Å². The second-order valence-corrected chi connectivity index (χ2v) is 12.8. The van der Waals surface area contributed by atoms with E-state index in [1.807, 2.05) is 0 Å². The Bertz CT molecular complexity index is 1770. The molecular weight excluding hydrogens is 471 g/mol. The molecule has 0 amide bonds. The van der Waals surface area contributed by atoms with Gasteiger partial charge in [0.1, 0.15) is 0 Å². The monoisotopic (exact) mass is 501 g/mol. The molecule has 4 aromatic carbocycles. The maximum absolute atomic E-state index is 2.58. The van der Waals surface area contributed by atoms with Gasteiger partial charge in [0.25, 0.3) is 0 Å². The van der Waals surface area contributed by atoms with Crippen LogP contribution in [-0.2, 0) is 10.8 Å². The van der Waals surface area contributed by atoms with E-state index in [2.05, 4.69) is 140 Å². The zero-order valence-corrected chi connectivity index (χ0v) is 22.9. The molecule has 1 atom stereocenters. The maximum Gasteiger partial charge on any atom is 0.248 e. The zero-order chi connectivity index (χ0) is 26.3. The van der Waals surface area contributed by atoms with Gasteiger partial charge < -0.3 is 4.90 Å². The number of fused-ring (bicyclic) bond motifs is 8. The minimum absolute atomic E-state index is 0.0718. The lowest BCUT2D eigenvalue weighted by molar-refractivity contribution is -0.717. The van der Waals surface area contributed by atoms with Crippen LogP contribution in [0.2, 0.25) is 0 Å². The maximum atomic E-state index is 2.58. The molecule has 39 heavy (non-hydrogen) atoms. The lowest BCUT2D eigenvalue weighted by atomic mass is 9.30. The normalized spacial score (nSPS) is 19.3. The van der Waals surface area contributed by atoms with Crippen molar-refractivity contribution < 1.29 is 4.57 Å². The molecule has 5 heterocycles. The minimum atomic E-state index is -0.0734. The second kappa shape index (κ2) is 6.90. The highest BCUT2D eigenvalue weighted by Crippen LogP contribution is 2.53. The van der Waals surface area contributed by atoms with Crippen LogP contribution >= 0.6 is 0 Å². The molecule has 0 fully saturated rings. The summed E-state index contributed by atoms with van der Waals surface area (Å²) in [5.41, 5.74) is 16.8. The Balaban J connectivity index is 1.45. The fourth-order valence-corrected chi connectivity index (χ4v) is 8.54. The summed E-state index contributed by atoms with van der Waals surface area (Å²) in [7, 11) is 0. The highest BCUT2D eigenvalue weighted by atomic mass is 15.2. The Hall–Kier alpha value is -4.11. The first-order valence-corrected chi connectivity index (χ1v) is 14.2. The third kappa shape index (κ3) is 2.40. The summed E-state index contributed by atoms with van der Waals surface area (Å²) in [6, 6.07) is 37.1. The third-order valence-corrected chi connectivity index (χ3v) is 10.2. The van der Waals surface area contributed by atoms with Crippen molar-refractivity contribution >= 4 is 40.2 Å². The molecular formula is C36H30BN2+. The van der Waals surface area contributed by atoms with Crippen molar-refractivity contribution in [1.82, 2.24) is 0 Å². The molecule has 1 aromatic heterocycles. The average Bonchev–Trinajstić information content (AvgIpc) is 2.95. The zero-order valence-electron chi connectivity index (χ0n) is 22.9. The molecule has 1 unspecified atom stereocenters. The highest BCUT2D eigenvalue weighted by Gasteiger charge is 2.54. The molecule has 0 saturated heterocycles. The van der Waals surface area contributed by atoms with Gasteiger partial charge in [0, 0.05) is 40.0 Å². The van der Waals surface area contributed by atoms with Crippen molar-refractivity contribution in [1.29, 1.82) is 0 Å². The summed E-state index contributed by atoms with van der Waals surface area (Å²) in [6.07, 6.45) is 2.30. The molecule has 2 nitrogen and oxygen atoms in total. The Morgan fingerprint density at radius 2 is 1.33 bits per heavy atom. The van der Waals surface area contributed by atoms with E-state index in [-0.39, 0.29) is 23.6 Å². The smallest absolute Gasteiger partial charge is 0.248 e. The van der Waals surface area contributed by atoms with E-state index in [9.17, 15) is 0 Å². The van der Waals surface area contributed by atoms with Crippen LogP contribution in [0, 0.1) is 0 Å². The average molecular weight is 501 g/mol. The number of rotatable bonds is 0. The standard InChI is InChI=1S/C36H30BN2/c1-35(2)23-13-5-6-18-28(23)39-29-19-9-12-22-32(29)37(27-17-11-15-25(35)34(27)39)26-16-10-14-24-31(26)33(22)38-21-8-7-20-30(38)36(24,3)4/h5-21,33H,1-4H3/q+1. The highest BCUT2D eigenvalue weighted by molar-refractivity contribution is 6.99. The van der Waals surface area contributed by atoms with E-state index in [1.165, 1.54) is 67.0 Å². The van der Waals surface area contributed by atoms with Crippen LogP contribution in [0.15, 0.2) is 103 Å². The van der Waals surface area contributed by atoms with Crippen LogP contribution in [0.3, 0.4) is 0 Å². The molecule has 0 spiro atoms. The number of benzene rings is 4. The van der Waals surface area contributed by atoms with Gasteiger partial charge in [-0.3, -0.25) is 0 Å². The summed E-state index contributed by atoms with van der Waals surface area (Å²) < 4.78 is 2.55. The van der Waals surface area contributed by atoms with E-state index in [4.69, 9.17) is 0 Å². The number of pyridine rings is 1. The Labute approximate surface area is 230 Å². The van der Waals surface area contributed by atoms with Crippen molar-refractivity contribution in [3.05, 3.63) is 137 Å². The first-order chi connectivity index (χ1) is 18.9. The molecule has 186 valence electrons. The fourth-order valence-electron chi connectivity index (χ4n) is 8.54. The summed E-state index contributed by atoms with van der Waals surface area (Å²) in [6.45, 7) is 9.78. The van der Waals surface area contributed by atoms with E-state index in [0.29, 0.717) is 0 Å². The molecule has 9 rings (SSSR count). The van der Waals surface area contributed by atoms with Crippen LogP contribution < -0.4 is 25.9 Å². The summed E-state index contributed by atoms with van der Waals surface area (Å²) >= 11 is 0. The topological polar surface area (TPSA) is 7.12 Å². The fraction of sp³-hybridized carbons (Fsp3) is 0.194. The van der Waals surface area contributed by atoms with Gasteiger partial charge in [0.05, 0.1) is 11.1 Å². The SMILES string of the molecule is CC1(C)c2ccccc2N2c3cccc4c3B(c3cccc5c3C4[n+]3ccccc3C5(C)C)c3cccc1c32. The molecule has 4 aliphatic heterocycles. The van der Waals surface area contributed by atoms with Gasteiger partial charge in [-0.1, -0.05) is 92.1 Å². The van der Waals surface area contributed by atoms with Crippen LogP contribution in [-0.4, -0.2) is 6.71 Å². The van der Waals surface area contributed by atoms with E-state index in [1.54, 1.807) is 0 Å². The summed E-state index contributed by atoms with van der Waals surface area (Å²) in [4.78, 5) is 2.58. The number of hydrogen-bond donors (Lipinski definition) is 0. The largest absolute Gasteiger partial charge is 0.311 e. The van der Waals surface area contributed by atoms with Crippen molar-refractivity contribution in [3.8, 4) is 0 Å². The van der Waals surface area contributed by atoms with Gasteiger partial charge in [-0.25, -0.2) is 0 Å². The van der Waals surface area contributed by atoms with Gasteiger partial charge in [0.15, 0.2) is 11.9 Å². The number of aromatic nitrogens is 1. The first-order valence-electron chi connectivity index (χ1n) is 14.2.